The molecular formula is C19H33N5O4S. The van der Waals surface area contributed by atoms with Crippen LogP contribution >= 0.6 is 0 Å². The van der Waals surface area contributed by atoms with Crippen LogP contribution in [0.25, 0.3) is 0 Å². The van der Waals surface area contributed by atoms with Crippen LogP contribution in [0, 0.1) is 5.92 Å². The normalized spacial score (nSPS) is 25.3. The Kier molecular flexibility index (Phi) is 7.66. The van der Waals surface area contributed by atoms with E-state index in [1.54, 1.807) is 22.3 Å². The molecule has 0 unspecified atom stereocenters. The van der Waals surface area contributed by atoms with E-state index >= 15 is 0 Å². The quantitative estimate of drug-likeness (QED) is 0.729. The smallest absolute Gasteiger partial charge is 0.279 e. The summed E-state index contributed by atoms with van der Waals surface area (Å²) in [5.74, 6) is -0.111. The number of hydrogen-bond donors (Lipinski definition) is 1. The third-order valence-corrected chi connectivity index (χ3v) is 7.44. The molecule has 0 aromatic carbocycles. The van der Waals surface area contributed by atoms with Gasteiger partial charge >= 0.3 is 0 Å². The fourth-order valence-electron chi connectivity index (χ4n) is 4.23. The average molecular weight is 428 g/mol. The predicted octanol–water partition coefficient (Wildman–Crippen LogP) is 1.05. The van der Waals surface area contributed by atoms with Gasteiger partial charge in [-0.1, -0.05) is 18.0 Å². The number of nitrogens with one attached hydrogen (secondary N) is 1. The molecular weight excluding hydrogens is 394 g/mol. The van der Waals surface area contributed by atoms with Gasteiger partial charge in [0.15, 0.2) is 0 Å². The first-order valence-electron chi connectivity index (χ1n) is 10.5. The molecule has 3 rings (SSSR count). The van der Waals surface area contributed by atoms with E-state index in [9.17, 15) is 13.2 Å². The van der Waals surface area contributed by atoms with Crippen LogP contribution in [0.5, 0.6) is 0 Å². The molecule has 2 aliphatic rings. The minimum absolute atomic E-state index is 0.0517. The van der Waals surface area contributed by atoms with Crippen LogP contribution in [0.1, 0.15) is 44.2 Å². The summed E-state index contributed by atoms with van der Waals surface area (Å²) < 4.78 is 35.0. The first kappa shape index (κ1) is 22.2. The summed E-state index contributed by atoms with van der Waals surface area (Å²) in [6.07, 6.45) is 6.80. The van der Waals surface area contributed by atoms with Gasteiger partial charge in [-0.25, -0.2) is 0 Å². The van der Waals surface area contributed by atoms with E-state index in [-0.39, 0.29) is 17.9 Å². The van der Waals surface area contributed by atoms with E-state index in [1.165, 1.54) is 6.26 Å². The zero-order valence-corrected chi connectivity index (χ0v) is 18.2. The minimum atomic E-state index is -3.49. The van der Waals surface area contributed by atoms with Gasteiger partial charge in [0.1, 0.15) is 12.0 Å². The van der Waals surface area contributed by atoms with Crippen molar-refractivity contribution in [2.45, 2.75) is 51.1 Å². The zero-order chi connectivity index (χ0) is 20.9. The number of hydrogen-bond acceptors (Lipinski definition) is 6. The highest BCUT2D eigenvalue weighted by molar-refractivity contribution is 7.87. The van der Waals surface area contributed by atoms with Gasteiger partial charge in [-0.3, -0.25) is 4.79 Å². The summed E-state index contributed by atoms with van der Waals surface area (Å²) >= 11 is 0. The molecule has 0 spiro atoms. The maximum Gasteiger partial charge on any atom is 0.279 e. The van der Waals surface area contributed by atoms with Crippen molar-refractivity contribution in [2.24, 2.45) is 5.92 Å². The number of carbonyl (C=O) groups excluding carboxylic acids is 1. The fourth-order valence-corrected chi connectivity index (χ4v) is 5.73. The largest absolute Gasteiger partial charge is 0.364 e. The molecule has 2 aliphatic heterocycles. The van der Waals surface area contributed by atoms with Crippen LogP contribution in [-0.4, -0.2) is 79.9 Å². The maximum absolute atomic E-state index is 12.9. The van der Waals surface area contributed by atoms with E-state index in [0.29, 0.717) is 51.3 Å². The van der Waals surface area contributed by atoms with Crippen LogP contribution in [-0.2, 0) is 21.5 Å². The standard InChI is InChI=1S/C19H33N5O4S/c1-22-13-16(19(25)23(2)15-17-9-12-28-20-17)7-8-18(14-22)21-29(26,27)24-10-5-3-4-6-11-24/h9,12,16,18,21H,3-8,10-11,13-15H2,1-2H3/t16-,18+/m1/s1. The Bertz CT molecular complexity index is 747. The highest BCUT2D eigenvalue weighted by Gasteiger charge is 2.32. The van der Waals surface area contributed by atoms with Crippen molar-refractivity contribution in [3.05, 3.63) is 18.0 Å². The van der Waals surface area contributed by atoms with Gasteiger partial charge in [0.25, 0.3) is 10.2 Å². The number of amides is 1. The third-order valence-electron chi connectivity index (χ3n) is 5.76. The van der Waals surface area contributed by atoms with Crippen LogP contribution in [0.2, 0.25) is 0 Å². The lowest BCUT2D eigenvalue weighted by Crippen LogP contribution is -2.48. The van der Waals surface area contributed by atoms with E-state index in [0.717, 1.165) is 25.7 Å². The fraction of sp³-hybridized carbons (Fsp3) is 0.789. The van der Waals surface area contributed by atoms with Gasteiger partial charge in [0.2, 0.25) is 5.91 Å². The number of nitrogens with zero attached hydrogens (tertiary/aromatic N) is 4. The van der Waals surface area contributed by atoms with Crippen molar-refractivity contribution in [3.8, 4) is 0 Å². The molecule has 10 heteroatoms. The van der Waals surface area contributed by atoms with Gasteiger partial charge in [-0.15, -0.1) is 0 Å². The second-order valence-corrected chi connectivity index (χ2v) is 10.0. The van der Waals surface area contributed by atoms with Crippen LogP contribution in [0.4, 0.5) is 0 Å². The van der Waals surface area contributed by atoms with E-state index in [2.05, 4.69) is 14.8 Å². The molecule has 0 aliphatic carbocycles. The average Bonchev–Trinajstić information content (AvgIpc) is 2.92. The minimum Gasteiger partial charge on any atom is -0.364 e. The van der Waals surface area contributed by atoms with Crippen molar-refractivity contribution in [2.75, 3.05) is 40.3 Å². The lowest BCUT2D eigenvalue weighted by Gasteiger charge is -2.26. The first-order chi connectivity index (χ1) is 13.8. The first-order valence-corrected chi connectivity index (χ1v) is 11.9. The second-order valence-electron chi connectivity index (χ2n) is 8.31. The number of aromatic nitrogens is 1. The molecule has 1 amide bonds. The molecule has 3 heterocycles. The Morgan fingerprint density at radius 2 is 1.97 bits per heavy atom. The molecule has 0 bridgehead atoms. The molecule has 2 fully saturated rings. The van der Waals surface area contributed by atoms with Gasteiger partial charge in [0, 0.05) is 45.3 Å². The number of likely N-dealkylation sites (N-methyl/N-ethyl adjacent to an activating group) is 1. The van der Waals surface area contributed by atoms with Crippen LogP contribution < -0.4 is 4.72 Å². The van der Waals surface area contributed by atoms with Crippen molar-refractivity contribution >= 4 is 16.1 Å². The number of rotatable bonds is 6. The Labute approximate surface area is 173 Å². The molecule has 2 saturated heterocycles. The van der Waals surface area contributed by atoms with Crippen molar-refractivity contribution in [3.63, 3.8) is 0 Å². The Hall–Kier alpha value is -1.49. The summed E-state index contributed by atoms with van der Waals surface area (Å²) in [5.41, 5.74) is 0.714. The lowest BCUT2D eigenvalue weighted by atomic mass is 10.0. The van der Waals surface area contributed by atoms with Crippen LogP contribution in [0.3, 0.4) is 0 Å². The van der Waals surface area contributed by atoms with Crippen molar-refractivity contribution in [1.29, 1.82) is 0 Å². The van der Waals surface area contributed by atoms with Gasteiger partial charge < -0.3 is 14.3 Å². The summed E-state index contributed by atoms with van der Waals surface area (Å²) in [6.45, 7) is 2.80. The molecule has 0 saturated carbocycles. The topological polar surface area (TPSA) is 99.0 Å². The number of likely N-dealkylation sites (tertiary alicyclic amines) is 1. The van der Waals surface area contributed by atoms with E-state index in [1.807, 2.05) is 7.05 Å². The zero-order valence-electron chi connectivity index (χ0n) is 17.4. The van der Waals surface area contributed by atoms with E-state index in [4.69, 9.17) is 4.52 Å². The van der Waals surface area contributed by atoms with Crippen LogP contribution in [0.15, 0.2) is 16.9 Å². The SMILES string of the molecule is CN1C[C@@H](NS(=O)(=O)N2CCCCCC2)CC[C@@H](C(=O)N(C)Cc2ccon2)C1. The lowest BCUT2D eigenvalue weighted by molar-refractivity contribution is -0.135. The molecule has 29 heavy (non-hydrogen) atoms. The monoisotopic (exact) mass is 427 g/mol. The molecule has 164 valence electrons. The van der Waals surface area contributed by atoms with Gasteiger partial charge in [0.05, 0.1) is 12.5 Å². The summed E-state index contributed by atoms with van der Waals surface area (Å²) in [7, 11) is 0.215. The summed E-state index contributed by atoms with van der Waals surface area (Å²) in [6, 6.07) is 1.56. The van der Waals surface area contributed by atoms with Gasteiger partial charge in [-0.2, -0.15) is 17.4 Å². The molecule has 0 radical (unpaired) electrons. The molecule has 1 aromatic heterocycles. The Morgan fingerprint density at radius 1 is 1.24 bits per heavy atom. The third kappa shape index (κ3) is 6.24. The highest BCUT2D eigenvalue weighted by atomic mass is 32.2. The Morgan fingerprint density at radius 3 is 2.62 bits per heavy atom. The van der Waals surface area contributed by atoms with Crippen molar-refractivity contribution < 1.29 is 17.7 Å². The van der Waals surface area contributed by atoms with Gasteiger partial charge in [-0.05, 0) is 32.7 Å². The number of carbonyl (C=O) groups is 1. The molecule has 1 N–H and O–H groups in total. The second kappa shape index (κ2) is 10.0. The highest BCUT2D eigenvalue weighted by Crippen LogP contribution is 2.20. The molecule has 2 atom stereocenters. The van der Waals surface area contributed by atoms with Crippen molar-refractivity contribution in [1.82, 2.24) is 24.0 Å². The molecule has 1 aromatic rings. The maximum atomic E-state index is 12.9. The predicted molar refractivity (Wildman–Crippen MR) is 109 cm³/mol. The summed E-state index contributed by atoms with van der Waals surface area (Å²) in [5, 5.41) is 3.86. The van der Waals surface area contributed by atoms with E-state index < -0.39 is 10.2 Å². The summed E-state index contributed by atoms with van der Waals surface area (Å²) in [4.78, 5) is 16.6. The molecule has 9 nitrogen and oxygen atoms in total. The Balaban J connectivity index is 1.57.